The number of H-pyrrole nitrogens is 2. The lowest BCUT2D eigenvalue weighted by Gasteiger charge is -2.08. The third kappa shape index (κ3) is 2.08. The molecule has 0 saturated carbocycles. The van der Waals surface area contributed by atoms with Crippen LogP contribution in [-0.2, 0) is 10.0 Å². The van der Waals surface area contributed by atoms with Crippen molar-refractivity contribution in [1.82, 2.24) is 19.9 Å². The standard InChI is InChI=1S/C9H12N4O3S/c1-5(2)13-17(15,16)9-7-6(3-4-10-9)8(14)12-11-7/h3-5,13H,1-2H3,(H2,11,12,14). The van der Waals surface area contributed by atoms with Gasteiger partial charge in [-0.05, 0) is 19.9 Å². The Kier molecular flexibility index (Phi) is 2.76. The van der Waals surface area contributed by atoms with Crippen LogP contribution in [0.25, 0.3) is 10.9 Å². The van der Waals surface area contributed by atoms with E-state index in [1.54, 1.807) is 13.8 Å². The smallest absolute Gasteiger partial charge is 0.271 e. The number of sulfonamides is 1. The highest BCUT2D eigenvalue weighted by Gasteiger charge is 2.21. The second-order valence-electron chi connectivity index (χ2n) is 3.89. The second-order valence-corrected chi connectivity index (χ2v) is 5.52. The van der Waals surface area contributed by atoms with E-state index in [2.05, 4.69) is 19.9 Å². The summed E-state index contributed by atoms with van der Waals surface area (Å²) in [7, 11) is -3.72. The Bertz CT molecular complexity index is 698. The number of hydrogen-bond donors (Lipinski definition) is 3. The first-order chi connectivity index (χ1) is 7.92. The average Bonchev–Trinajstić information content (AvgIpc) is 2.58. The van der Waals surface area contributed by atoms with Crippen molar-refractivity contribution in [3.63, 3.8) is 0 Å². The SMILES string of the molecule is CC(C)NS(=O)(=O)c1nccc2c(=O)[nH][nH]c12. The number of hydrogen-bond acceptors (Lipinski definition) is 4. The van der Waals surface area contributed by atoms with E-state index in [9.17, 15) is 13.2 Å². The first-order valence-corrected chi connectivity index (χ1v) is 6.48. The lowest BCUT2D eigenvalue weighted by molar-refractivity contribution is 0.567. The predicted octanol–water partition coefficient (Wildman–Crippen LogP) is -0.0621. The van der Waals surface area contributed by atoms with Gasteiger partial charge in [0.25, 0.3) is 15.6 Å². The van der Waals surface area contributed by atoms with Crippen LogP contribution in [0.4, 0.5) is 0 Å². The molecule has 0 radical (unpaired) electrons. The van der Waals surface area contributed by atoms with Crippen LogP contribution >= 0.6 is 0 Å². The van der Waals surface area contributed by atoms with Gasteiger partial charge in [-0.25, -0.2) is 18.1 Å². The van der Waals surface area contributed by atoms with Crippen molar-refractivity contribution in [1.29, 1.82) is 0 Å². The van der Waals surface area contributed by atoms with Crippen LogP contribution in [0, 0.1) is 0 Å². The van der Waals surface area contributed by atoms with Gasteiger partial charge in [-0.15, -0.1) is 0 Å². The summed E-state index contributed by atoms with van der Waals surface area (Å²) >= 11 is 0. The van der Waals surface area contributed by atoms with E-state index in [1.165, 1.54) is 12.3 Å². The van der Waals surface area contributed by atoms with E-state index in [0.717, 1.165) is 0 Å². The lowest BCUT2D eigenvalue weighted by atomic mass is 10.3. The molecular formula is C9H12N4O3S. The average molecular weight is 256 g/mol. The summed E-state index contributed by atoms with van der Waals surface area (Å²) in [6, 6.07) is 1.21. The van der Waals surface area contributed by atoms with Crippen LogP contribution in [0.15, 0.2) is 22.1 Å². The zero-order chi connectivity index (χ0) is 12.6. The molecule has 0 spiro atoms. The number of aromatic nitrogens is 3. The van der Waals surface area contributed by atoms with Crippen molar-refractivity contribution in [3.8, 4) is 0 Å². The summed E-state index contributed by atoms with van der Waals surface area (Å²) in [5, 5.41) is 4.94. The molecule has 0 fully saturated rings. The van der Waals surface area contributed by atoms with Crippen molar-refractivity contribution in [2.24, 2.45) is 0 Å². The summed E-state index contributed by atoms with van der Waals surface area (Å²) < 4.78 is 26.3. The highest BCUT2D eigenvalue weighted by atomic mass is 32.2. The van der Waals surface area contributed by atoms with E-state index in [-0.39, 0.29) is 27.5 Å². The Morgan fingerprint density at radius 1 is 1.35 bits per heavy atom. The van der Waals surface area contributed by atoms with E-state index >= 15 is 0 Å². The Morgan fingerprint density at radius 3 is 2.71 bits per heavy atom. The maximum absolute atomic E-state index is 12.0. The number of aromatic amines is 2. The second kappa shape index (κ2) is 3.97. The van der Waals surface area contributed by atoms with Crippen LogP contribution in [-0.4, -0.2) is 29.6 Å². The van der Waals surface area contributed by atoms with E-state index in [0.29, 0.717) is 0 Å². The molecule has 0 amide bonds. The van der Waals surface area contributed by atoms with Gasteiger partial charge >= 0.3 is 0 Å². The minimum Gasteiger partial charge on any atom is -0.295 e. The Balaban J connectivity index is 2.68. The van der Waals surface area contributed by atoms with E-state index in [4.69, 9.17) is 0 Å². The van der Waals surface area contributed by atoms with Crippen LogP contribution in [0.1, 0.15) is 13.8 Å². The van der Waals surface area contributed by atoms with Crippen LogP contribution in [0.5, 0.6) is 0 Å². The van der Waals surface area contributed by atoms with Crippen LogP contribution in [0.2, 0.25) is 0 Å². The Hall–Kier alpha value is -1.67. The van der Waals surface area contributed by atoms with Crippen molar-refractivity contribution in [2.45, 2.75) is 24.9 Å². The van der Waals surface area contributed by atoms with E-state index < -0.39 is 10.0 Å². The molecule has 0 aliphatic heterocycles. The third-order valence-corrected chi connectivity index (χ3v) is 3.71. The van der Waals surface area contributed by atoms with Gasteiger partial charge in [0.05, 0.1) is 5.39 Å². The summed E-state index contributed by atoms with van der Waals surface area (Å²) in [4.78, 5) is 15.2. The fourth-order valence-electron chi connectivity index (χ4n) is 1.51. The number of nitrogens with zero attached hydrogens (tertiary/aromatic N) is 1. The molecule has 0 saturated heterocycles. The fraction of sp³-hybridized carbons (Fsp3) is 0.333. The van der Waals surface area contributed by atoms with Crippen molar-refractivity contribution >= 4 is 20.9 Å². The highest BCUT2D eigenvalue weighted by molar-refractivity contribution is 7.89. The third-order valence-electron chi connectivity index (χ3n) is 2.11. The van der Waals surface area contributed by atoms with E-state index in [1.807, 2.05) is 0 Å². The Morgan fingerprint density at radius 2 is 2.06 bits per heavy atom. The molecule has 8 heteroatoms. The molecular weight excluding hydrogens is 244 g/mol. The maximum atomic E-state index is 12.0. The zero-order valence-corrected chi connectivity index (χ0v) is 10.1. The number of rotatable bonds is 3. The number of fused-ring (bicyclic) bond motifs is 1. The first-order valence-electron chi connectivity index (χ1n) is 4.99. The fourth-order valence-corrected chi connectivity index (χ4v) is 2.87. The normalized spacial score (nSPS) is 12.4. The van der Waals surface area contributed by atoms with Gasteiger partial charge in [0.2, 0.25) is 0 Å². The summed E-state index contributed by atoms with van der Waals surface area (Å²) in [5.74, 6) is 0. The van der Waals surface area contributed by atoms with Gasteiger partial charge in [-0.3, -0.25) is 15.0 Å². The van der Waals surface area contributed by atoms with Crippen LogP contribution < -0.4 is 10.3 Å². The van der Waals surface area contributed by atoms with Gasteiger partial charge in [-0.2, -0.15) is 0 Å². The molecule has 7 nitrogen and oxygen atoms in total. The van der Waals surface area contributed by atoms with Crippen molar-refractivity contribution in [2.75, 3.05) is 0 Å². The lowest BCUT2D eigenvalue weighted by Crippen LogP contribution is -2.31. The monoisotopic (exact) mass is 256 g/mol. The van der Waals surface area contributed by atoms with Gasteiger partial charge in [0, 0.05) is 12.2 Å². The largest absolute Gasteiger partial charge is 0.295 e. The molecule has 0 aromatic carbocycles. The van der Waals surface area contributed by atoms with Gasteiger partial charge in [0.1, 0.15) is 5.52 Å². The van der Waals surface area contributed by atoms with Crippen molar-refractivity contribution < 1.29 is 8.42 Å². The maximum Gasteiger partial charge on any atom is 0.271 e. The molecule has 2 aromatic heterocycles. The highest BCUT2D eigenvalue weighted by Crippen LogP contribution is 2.15. The summed E-state index contributed by atoms with van der Waals surface area (Å²) in [6.45, 7) is 3.41. The molecule has 0 aliphatic rings. The molecule has 0 atom stereocenters. The Labute approximate surface area is 97.3 Å². The molecule has 2 aromatic rings. The molecule has 3 N–H and O–H groups in total. The first kappa shape index (κ1) is 11.8. The number of pyridine rings is 1. The zero-order valence-electron chi connectivity index (χ0n) is 9.31. The minimum absolute atomic E-state index is 0.179. The molecule has 2 heterocycles. The molecule has 0 aliphatic carbocycles. The topological polar surface area (TPSA) is 108 Å². The minimum atomic E-state index is -3.72. The molecule has 92 valence electrons. The van der Waals surface area contributed by atoms with Gasteiger partial charge in [-0.1, -0.05) is 0 Å². The van der Waals surface area contributed by atoms with Crippen LogP contribution in [0.3, 0.4) is 0 Å². The summed E-state index contributed by atoms with van der Waals surface area (Å²) in [5.41, 5.74) is -0.186. The molecule has 17 heavy (non-hydrogen) atoms. The molecule has 0 bridgehead atoms. The quantitative estimate of drug-likeness (QED) is 0.714. The molecule has 2 rings (SSSR count). The van der Waals surface area contributed by atoms with Gasteiger partial charge in [0.15, 0.2) is 5.03 Å². The van der Waals surface area contributed by atoms with Crippen molar-refractivity contribution in [3.05, 3.63) is 22.6 Å². The summed E-state index contributed by atoms with van der Waals surface area (Å²) in [6.07, 6.45) is 1.29. The molecule has 0 unspecified atom stereocenters. The van der Waals surface area contributed by atoms with Gasteiger partial charge < -0.3 is 0 Å². The number of nitrogens with one attached hydrogen (secondary N) is 3. The predicted molar refractivity (Wildman–Crippen MR) is 62.2 cm³/mol.